The Balaban J connectivity index is 1.75. The summed E-state index contributed by atoms with van der Waals surface area (Å²) in [4.78, 5) is 4.62. The average Bonchev–Trinajstić information content (AvgIpc) is 3.12. The third kappa shape index (κ3) is 3.59. The van der Waals surface area contributed by atoms with Gasteiger partial charge in [0.2, 0.25) is 5.82 Å². The van der Waals surface area contributed by atoms with Gasteiger partial charge in [0.05, 0.1) is 11.6 Å². The maximum absolute atomic E-state index is 6.03. The van der Waals surface area contributed by atoms with Crippen LogP contribution >= 0.6 is 23.8 Å². The molecule has 0 amide bonds. The number of aromatic nitrogens is 2. The molecule has 0 spiro atoms. The van der Waals surface area contributed by atoms with Gasteiger partial charge >= 0.3 is 0 Å². The second kappa shape index (κ2) is 7.13. The first-order valence-electron chi connectivity index (χ1n) is 8.46. The molecule has 1 aromatic heterocycles. The van der Waals surface area contributed by atoms with Crippen LogP contribution in [0.5, 0.6) is 0 Å². The zero-order chi connectivity index (χ0) is 19.0. The Morgan fingerprint density at radius 2 is 1.74 bits per heavy atom. The molecule has 1 aliphatic rings. The van der Waals surface area contributed by atoms with Gasteiger partial charge in [0.1, 0.15) is 0 Å². The lowest BCUT2D eigenvalue weighted by atomic mass is 9.95. The first-order chi connectivity index (χ1) is 13.0. The van der Waals surface area contributed by atoms with E-state index in [9.17, 15) is 0 Å². The van der Waals surface area contributed by atoms with E-state index in [4.69, 9.17) is 28.3 Å². The largest absolute Gasteiger partial charge is 0.351 e. The second-order valence-corrected chi connectivity index (χ2v) is 7.26. The van der Waals surface area contributed by atoms with Crippen molar-refractivity contribution in [3.63, 3.8) is 0 Å². The Kier molecular flexibility index (Phi) is 4.68. The second-order valence-electron chi connectivity index (χ2n) is 6.41. The predicted octanol–water partition coefficient (Wildman–Crippen LogP) is 4.65. The van der Waals surface area contributed by atoms with Crippen molar-refractivity contribution in [3.8, 4) is 11.4 Å². The van der Waals surface area contributed by atoms with Gasteiger partial charge in [-0.25, -0.2) is 0 Å². The molecule has 0 bridgehead atoms. The van der Waals surface area contributed by atoms with Crippen molar-refractivity contribution in [3.05, 3.63) is 76.3 Å². The van der Waals surface area contributed by atoms with Gasteiger partial charge in [0, 0.05) is 16.3 Å². The summed E-state index contributed by atoms with van der Waals surface area (Å²) < 4.78 is 5.60. The molecule has 27 heavy (non-hydrogen) atoms. The lowest BCUT2D eigenvalue weighted by Gasteiger charge is -2.29. The van der Waals surface area contributed by atoms with Crippen LogP contribution in [0.3, 0.4) is 0 Å². The molecule has 2 N–H and O–H groups in total. The van der Waals surface area contributed by atoms with Crippen molar-refractivity contribution in [2.24, 2.45) is 0 Å². The zero-order valence-corrected chi connectivity index (χ0v) is 16.4. The fourth-order valence-electron chi connectivity index (χ4n) is 3.04. The van der Waals surface area contributed by atoms with E-state index in [0.717, 1.165) is 22.4 Å². The molecule has 136 valence electrons. The van der Waals surface area contributed by atoms with Gasteiger partial charge in [0.25, 0.3) is 5.89 Å². The smallest absolute Gasteiger partial charge is 0.258 e. The van der Waals surface area contributed by atoms with Crippen LogP contribution in [0.2, 0.25) is 5.02 Å². The number of nitrogens with one attached hydrogen (secondary N) is 2. The Labute approximate surface area is 167 Å². The molecule has 5 nitrogen and oxygen atoms in total. The number of nitrogens with zero attached hydrogens (tertiary/aromatic N) is 2. The zero-order valence-electron chi connectivity index (χ0n) is 14.8. The maximum atomic E-state index is 6.03. The number of hydrogen-bond donors (Lipinski definition) is 2. The molecule has 0 unspecified atom stereocenters. The Morgan fingerprint density at radius 1 is 1.04 bits per heavy atom. The van der Waals surface area contributed by atoms with Crippen molar-refractivity contribution < 1.29 is 4.52 Å². The predicted molar refractivity (Wildman–Crippen MR) is 110 cm³/mol. The van der Waals surface area contributed by atoms with Crippen LogP contribution in [-0.4, -0.2) is 15.3 Å². The molecule has 0 saturated carbocycles. The van der Waals surface area contributed by atoms with E-state index in [-0.39, 0.29) is 6.04 Å². The molecule has 2 heterocycles. The van der Waals surface area contributed by atoms with Gasteiger partial charge in [0.15, 0.2) is 5.11 Å². The monoisotopic (exact) mass is 396 g/mol. The molecule has 1 atom stereocenters. The quantitative estimate of drug-likeness (QED) is 0.628. The van der Waals surface area contributed by atoms with E-state index in [1.807, 2.05) is 62.4 Å². The normalized spacial score (nSPS) is 16.9. The van der Waals surface area contributed by atoms with Crippen molar-refractivity contribution >= 4 is 34.5 Å². The third-order valence-electron chi connectivity index (χ3n) is 4.44. The number of halogens is 1. The van der Waals surface area contributed by atoms with Gasteiger partial charge in [-0.1, -0.05) is 58.7 Å². The molecule has 0 fully saturated rings. The van der Waals surface area contributed by atoms with Crippen LogP contribution in [0.15, 0.2) is 58.8 Å². The summed E-state index contributed by atoms with van der Waals surface area (Å²) in [7, 11) is 0. The van der Waals surface area contributed by atoms with Gasteiger partial charge in [-0.15, -0.1) is 0 Å². The molecule has 0 aliphatic carbocycles. The van der Waals surface area contributed by atoms with E-state index in [0.29, 0.717) is 21.9 Å². The summed E-state index contributed by atoms with van der Waals surface area (Å²) in [6.45, 7) is 3.99. The lowest BCUT2D eigenvalue weighted by molar-refractivity contribution is 0.403. The number of allylic oxidation sites excluding steroid dienone is 1. The van der Waals surface area contributed by atoms with Crippen molar-refractivity contribution in [2.45, 2.75) is 19.9 Å². The molecule has 7 heteroatoms. The summed E-state index contributed by atoms with van der Waals surface area (Å²) in [6.07, 6.45) is 0. The van der Waals surface area contributed by atoms with Gasteiger partial charge in [-0.3, -0.25) is 0 Å². The molecule has 0 saturated heterocycles. The number of hydrogen-bond acceptors (Lipinski definition) is 4. The minimum absolute atomic E-state index is 0.206. The summed E-state index contributed by atoms with van der Waals surface area (Å²) in [5.74, 6) is 0.999. The highest BCUT2D eigenvalue weighted by atomic mass is 35.5. The van der Waals surface area contributed by atoms with Crippen LogP contribution < -0.4 is 10.6 Å². The maximum Gasteiger partial charge on any atom is 0.258 e. The van der Waals surface area contributed by atoms with Crippen LogP contribution in [0.25, 0.3) is 17.0 Å². The Bertz CT molecular complexity index is 1020. The van der Waals surface area contributed by atoms with Gasteiger partial charge < -0.3 is 15.2 Å². The molecule has 4 rings (SSSR count). The van der Waals surface area contributed by atoms with E-state index in [1.165, 1.54) is 5.56 Å². The van der Waals surface area contributed by atoms with E-state index >= 15 is 0 Å². The SMILES string of the molecule is CC1=C(c2nc(-c3ccc(C)cc3)no2)[C@@H](c2ccc(Cl)cc2)NC(=S)N1. The number of aryl methyl sites for hydroxylation is 1. The Hall–Kier alpha value is -2.70. The molecule has 0 radical (unpaired) electrons. The van der Waals surface area contributed by atoms with E-state index in [1.54, 1.807) is 0 Å². The topological polar surface area (TPSA) is 63.0 Å². The standard InChI is InChI=1S/C20H17ClN4OS/c1-11-3-5-14(6-4-11)18-24-19(26-25-18)16-12(2)22-20(27)23-17(16)13-7-9-15(21)10-8-13/h3-10,17H,1-2H3,(H2,22,23,27)/t17-/m1/s1. The Morgan fingerprint density at radius 3 is 2.44 bits per heavy atom. The number of thiocarbonyl (C=S) groups is 1. The van der Waals surface area contributed by atoms with E-state index < -0.39 is 0 Å². The van der Waals surface area contributed by atoms with E-state index in [2.05, 4.69) is 20.8 Å². The van der Waals surface area contributed by atoms with Crippen LogP contribution in [0.4, 0.5) is 0 Å². The van der Waals surface area contributed by atoms with Crippen LogP contribution in [-0.2, 0) is 0 Å². The molecule has 1 aliphatic heterocycles. The number of benzene rings is 2. The molecule has 3 aromatic rings. The molecular formula is C20H17ClN4OS. The fourth-order valence-corrected chi connectivity index (χ4v) is 3.43. The first kappa shape index (κ1) is 17.7. The average molecular weight is 397 g/mol. The van der Waals surface area contributed by atoms with Gasteiger partial charge in [-0.05, 0) is 43.8 Å². The van der Waals surface area contributed by atoms with Crippen molar-refractivity contribution in [1.29, 1.82) is 0 Å². The lowest BCUT2D eigenvalue weighted by Crippen LogP contribution is -2.42. The van der Waals surface area contributed by atoms with Crippen LogP contribution in [0.1, 0.15) is 30.0 Å². The minimum Gasteiger partial charge on any atom is -0.351 e. The summed E-state index contributed by atoms with van der Waals surface area (Å²) >= 11 is 11.4. The van der Waals surface area contributed by atoms with Crippen molar-refractivity contribution in [1.82, 2.24) is 20.8 Å². The summed E-state index contributed by atoms with van der Waals surface area (Å²) in [5.41, 5.74) is 4.82. The minimum atomic E-state index is -0.206. The third-order valence-corrected chi connectivity index (χ3v) is 4.91. The van der Waals surface area contributed by atoms with Crippen LogP contribution in [0, 0.1) is 6.92 Å². The van der Waals surface area contributed by atoms with Gasteiger partial charge in [-0.2, -0.15) is 4.98 Å². The van der Waals surface area contributed by atoms with Crippen molar-refractivity contribution in [2.75, 3.05) is 0 Å². The highest BCUT2D eigenvalue weighted by molar-refractivity contribution is 7.80. The highest BCUT2D eigenvalue weighted by Gasteiger charge is 2.30. The molecular weight excluding hydrogens is 380 g/mol. The molecule has 2 aromatic carbocycles. The highest BCUT2D eigenvalue weighted by Crippen LogP contribution is 2.34. The fraction of sp³-hybridized carbons (Fsp3) is 0.150. The summed E-state index contributed by atoms with van der Waals surface area (Å²) in [6, 6.07) is 15.4. The summed E-state index contributed by atoms with van der Waals surface area (Å²) in [5, 5.41) is 11.8. The number of rotatable bonds is 3. The first-order valence-corrected chi connectivity index (χ1v) is 9.25.